The number of anilines is 2. The molecule has 0 aromatic heterocycles. The Bertz CT molecular complexity index is 780. The molecule has 0 radical (unpaired) electrons. The molecule has 2 N–H and O–H groups in total. The number of nitrogens with two attached hydrogens (primary N) is 1. The van der Waals surface area contributed by atoms with E-state index in [-0.39, 0.29) is 16.3 Å². The zero-order valence-corrected chi connectivity index (χ0v) is 13.5. The summed E-state index contributed by atoms with van der Waals surface area (Å²) in [6, 6.07) is 3.94. The first-order valence-corrected chi connectivity index (χ1v) is 6.96. The minimum atomic E-state index is -3.32. The van der Waals surface area contributed by atoms with Gasteiger partial charge in [0, 0.05) is 41.8 Å². The van der Waals surface area contributed by atoms with Crippen LogP contribution in [0, 0.1) is 0 Å². The maximum Gasteiger partial charge on any atom is 0.410 e. The van der Waals surface area contributed by atoms with E-state index in [1.54, 1.807) is 0 Å². The van der Waals surface area contributed by atoms with Crippen LogP contribution in [0.2, 0.25) is 0 Å². The number of carbonyl (C=O) groups excluding carboxylic acids is 1. The van der Waals surface area contributed by atoms with Gasteiger partial charge in [0.15, 0.2) is 0 Å². The van der Waals surface area contributed by atoms with E-state index in [0.717, 1.165) is 0 Å². The second kappa shape index (κ2) is 6.13. The number of halogens is 1. The third kappa shape index (κ3) is 4.52. The normalized spacial score (nSPS) is 31.2. The van der Waals surface area contributed by atoms with Crippen LogP contribution < -0.4 is 10.6 Å². The van der Waals surface area contributed by atoms with Crippen LogP contribution in [-0.2, 0) is 4.74 Å². The van der Waals surface area contributed by atoms with Gasteiger partial charge in [0.1, 0.15) is 5.60 Å². The Balaban J connectivity index is 2.74. The van der Waals surface area contributed by atoms with Crippen molar-refractivity contribution in [1.82, 2.24) is 4.90 Å². The number of carbonyl (C=O) groups is 1. The van der Waals surface area contributed by atoms with Crippen LogP contribution in [0.15, 0.2) is 22.7 Å². The molecule has 21 heavy (non-hydrogen) atoms. The van der Waals surface area contributed by atoms with Gasteiger partial charge < -0.3 is 20.3 Å². The molecule has 5 nitrogen and oxygen atoms in total. The molecule has 1 fully saturated rings. The minimum absolute atomic E-state index is 0.122. The first-order chi connectivity index (χ1) is 12.8. The highest BCUT2D eigenvalue weighted by Crippen LogP contribution is 2.25. The maximum absolute atomic E-state index is 12.6. The number of amides is 1. The van der Waals surface area contributed by atoms with Crippen molar-refractivity contribution in [3.05, 3.63) is 22.7 Å². The first-order valence-electron chi connectivity index (χ1n) is 10.2. The van der Waals surface area contributed by atoms with E-state index in [2.05, 4.69) is 15.9 Å². The molecule has 1 aliphatic heterocycles. The Hall–Kier alpha value is -1.43. The van der Waals surface area contributed by atoms with Crippen molar-refractivity contribution in [2.45, 2.75) is 26.4 Å². The summed E-state index contributed by atoms with van der Waals surface area (Å²) < 4.78 is 71.9. The minimum Gasteiger partial charge on any atom is -0.444 e. The number of nitrogen functional groups attached to an aromatic ring is 1. The Morgan fingerprint density at radius 3 is 2.43 bits per heavy atom. The lowest BCUT2D eigenvalue weighted by Gasteiger charge is -2.36. The van der Waals surface area contributed by atoms with Crippen molar-refractivity contribution in [2.75, 3.05) is 36.6 Å². The van der Waals surface area contributed by atoms with Gasteiger partial charge in [0.25, 0.3) is 0 Å². The monoisotopic (exact) mass is 363 g/mol. The topological polar surface area (TPSA) is 58.8 Å². The Morgan fingerprint density at radius 2 is 1.90 bits per heavy atom. The van der Waals surface area contributed by atoms with Gasteiger partial charge in [-0.3, -0.25) is 0 Å². The van der Waals surface area contributed by atoms with Crippen LogP contribution in [0.5, 0.6) is 0 Å². The summed E-state index contributed by atoms with van der Waals surface area (Å²) >= 11 is 3.16. The summed E-state index contributed by atoms with van der Waals surface area (Å²) in [5.74, 6) is 0. The van der Waals surface area contributed by atoms with Gasteiger partial charge in [-0.15, -0.1) is 0 Å². The average Bonchev–Trinajstić information content (AvgIpc) is 2.41. The summed E-state index contributed by atoms with van der Waals surface area (Å²) in [4.78, 5) is 12.8. The van der Waals surface area contributed by atoms with E-state index in [1.807, 2.05) is 0 Å². The van der Waals surface area contributed by atoms with Crippen LogP contribution >= 0.6 is 15.9 Å². The van der Waals surface area contributed by atoms with Crippen LogP contribution in [0.3, 0.4) is 0 Å². The maximum atomic E-state index is 12.6. The number of nitrogens with zero attached hydrogens (tertiary/aromatic N) is 2. The highest BCUT2D eigenvalue weighted by atomic mass is 79.9. The molecule has 1 amide bonds. The molecule has 1 heterocycles. The molecule has 0 atom stereocenters. The van der Waals surface area contributed by atoms with Crippen molar-refractivity contribution in [3.63, 3.8) is 0 Å². The van der Waals surface area contributed by atoms with E-state index in [1.165, 1.54) is 39.0 Å². The Kier molecular flexibility index (Phi) is 2.42. The van der Waals surface area contributed by atoms with Gasteiger partial charge in [-0.1, -0.05) is 15.9 Å². The van der Waals surface area contributed by atoms with Crippen molar-refractivity contribution in [1.29, 1.82) is 0 Å². The highest BCUT2D eigenvalue weighted by Gasteiger charge is 2.26. The zero-order chi connectivity index (χ0) is 22.8. The molecule has 1 aliphatic rings. The van der Waals surface area contributed by atoms with E-state index < -0.39 is 37.7 Å². The van der Waals surface area contributed by atoms with Crippen LogP contribution in [0.1, 0.15) is 31.7 Å². The van der Waals surface area contributed by atoms with Gasteiger partial charge in [-0.2, -0.15) is 0 Å². The van der Waals surface area contributed by atoms with Gasteiger partial charge >= 0.3 is 6.09 Å². The SMILES string of the molecule is [2H]C1([2H])N(C(=O)OC(C)(C)C)C([2H])([2H])C([2H])([2H])N(c2cc(N)cc(Br)c2)C1([2H])[2H]. The van der Waals surface area contributed by atoms with Crippen LogP contribution in [-0.4, -0.2) is 42.6 Å². The summed E-state index contributed by atoms with van der Waals surface area (Å²) in [5, 5.41) is 0. The number of benzene rings is 1. The Morgan fingerprint density at radius 1 is 1.29 bits per heavy atom. The highest BCUT2D eigenvalue weighted by molar-refractivity contribution is 9.10. The largest absolute Gasteiger partial charge is 0.444 e. The van der Waals surface area contributed by atoms with Crippen LogP contribution in [0.4, 0.5) is 16.2 Å². The fourth-order valence-corrected chi connectivity index (χ4v) is 2.01. The molecule has 0 saturated carbocycles. The lowest BCUT2D eigenvalue weighted by molar-refractivity contribution is 0.0240. The predicted molar refractivity (Wildman–Crippen MR) is 88.6 cm³/mol. The van der Waals surface area contributed by atoms with Crippen molar-refractivity contribution in [2.24, 2.45) is 0 Å². The molecule has 6 heteroatoms. The lowest BCUT2D eigenvalue weighted by atomic mass is 10.2. The van der Waals surface area contributed by atoms with Crippen LogP contribution in [0.25, 0.3) is 0 Å². The van der Waals surface area contributed by atoms with E-state index in [4.69, 9.17) is 21.4 Å². The molecule has 0 unspecified atom stereocenters. The summed E-state index contributed by atoms with van der Waals surface area (Å²) in [6.07, 6.45) is -1.52. The second-order valence-corrected chi connectivity index (χ2v) is 6.26. The fraction of sp³-hybridized carbons (Fsp3) is 0.533. The molecule has 0 bridgehead atoms. The van der Waals surface area contributed by atoms with Crippen molar-refractivity contribution >= 4 is 33.4 Å². The van der Waals surface area contributed by atoms with Gasteiger partial charge in [-0.25, -0.2) is 4.79 Å². The molecule has 0 spiro atoms. The quantitative estimate of drug-likeness (QED) is 0.778. The molecular formula is C15H22BrN3O2. The fourth-order valence-electron chi connectivity index (χ4n) is 1.51. The second-order valence-electron chi connectivity index (χ2n) is 5.34. The number of hydrogen-bond acceptors (Lipinski definition) is 4. The smallest absolute Gasteiger partial charge is 0.410 e. The molecule has 2 rings (SSSR count). The number of hydrogen-bond donors (Lipinski definition) is 1. The molecule has 1 aromatic carbocycles. The van der Waals surface area contributed by atoms with Crippen molar-refractivity contribution < 1.29 is 20.5 Å². The third-order valence-corrected chi connectivity index (χ3v) is 2.74. The molecule has 1 saturated heterocycles. The van der Waals surface area contributed by atoms with Gasteiger partial charge in [0.2, 0.25) is 0 Å². The zero-order valence-electron chi connectivity index (χ0n) is 19.9. The third-order valence-electron chi connectivity index (χ3n) is 2.29. The van der Waals surface area contributed by atoms with Crippen molar-refractivity contribution in [3.8, 4) is 0 Å². The van der Waals surface area contributed by atoms with Gasteiger partial charge in [0.05, 0.1) is 11.0 Å². The summed E-state index contributed by atoms with van der Waals surface area (Å²) in [6.45, 7) is -8.62. The number of ether oxygens (including phenoxy) is 1. The average molecular weight is 364 g/mol. The standard InChI is InChI=1S/C15H22BrN3O2/c1-15(2,3)21-14(20)19-6-4-18(5-7-19)13-9-11(16)8-12(17)10-13/h8-10H,4-7,17H2,1-3H3/i4D2,5D2,6D2,7D2. The molecule has 0 aliphatic carbocycles. The summed E-state index contributed by atoms with van der Waals surface area (Å²) in [5.41, 5.74) is 4.53. The molecular weight excluding hydrogens is 334 g/mol. The first kappa shape index (κ1) is 8.27. The predicted octanol–water partition coefficient (Wildman–Crippen LogP) is 3.09. The van der Waals surface area contributed by atoms with E-state index >= 15 is 0 Å². The lowest BCUT2D eigenvalue weighted by Crippen LogP contribution is -2.50. The van der Waals surface area contributed by atoms with E-state index in [9.17, 15) is 4.79 Å². The molecule has 1 aromatic rings. The Labute approximate surface area is 145 Å². The van der Waals surface area contributed by atoms with Gasteiger partial charge in [-0.05, 0) is 39.0 Å². The summed E-state index contributed by atoms with van der Waals surface area (Å²) in [7, 11) is 0. The van der Waals surface area contributed by atoms with E-state index in [0.29, 0.717) is 9.37 Å². The number of piperazine rings is 1. The molecule has 116 valence electrons. The number of rotatable bonds is 1.